The highest BCUT2D eigenvalue weighted by Crippen LogP contribution is 2.43. The van der Waals surface area contributed by atoms with Gasteiger partial charge in [-0.25, -0.2) is 0 Å². The first-order valence-corrected chi connectivity index (χ1v) is 9.24. The molecule has 26 heavy (non-hydrogen) atoms. The zero-order valence-corrected chi connectivity index (χ0v) is 14.9. The number of anilines is 1. The molecule has 0 atom stereocenters. The van der Waals surface area contributed by atoms with Crippen LogP contribution in [-0.2, 0) is 4.79 Å². The number of ketones is 1. The Morgan fingerprint density at radius 1 is 0.731 bits per heavy atom. The van der Waals surface area contributed by atoms with E-state index in [4.69, 9.17) is 0 Å². The predicted molar refractivity (Wildman–Crippen MR) is 110 cm³/mol. The predicted octanol–water partition coefficient (Wildman–Crippen LogP) is 5.82. The van der Waals surface area contributed by atoms with Crippen LogP contribution >= 0.6 is 11.8 Å². The van der Waals surface area contributed by atoms with Gasteiger partial charge in [-0.3, -0.25) is 4.79 Å². The van der Waals surface area contributed by atoms with Crippen LogP contribution in [0.3, 0.4) is 0 Å². The molecule has 126 valence electrons. The number of Topliss-reactive ketones (excluding diaryl/α,β-unsaturated/α-hetero) is 1. The molecule has 3 aromatic carbocycles. The van der Waals surface area contributed by atoms with E-state index in [-0.39, 0.29) is 5.78 Å². The average Bonchev–Trinajstić information content (AvgIpc) is 2.99. The number of allylic oxidation sites excluding steroid dienone is 2. The van der Waals surface area contributed by atoms with Gasteiger partial charge in [0.15, 0.2) is 0 Å². The van der Waals surface area contributed by atoms with Crippen LogP contribution in [-0.4, -0.2) is 5.78 Å². The second-order valence-corrected chi connectivity index (χ2v) is 6.96. The summed E-state index contributed by atoms with van der Waals surface area (Å²) in [5.74, 6) is 0.0588. The van der Waals surface area contributed by atoms with Crippen molar-refractivity contribution in [3.63, 3.8) is 0 Å². The summed E-state index contributed by atoms with van der Waals surface area (Å²) >= 11 is 1.49. The second kappa shape index (κ2) is 7.46. The van der Waals surface area contributed by atoms with Gasteiger partial charge in [-0.15, -0.1) is 0 Å². The number of para-hydroxylation sites is 1. The number of carbonyl (C=O) groups excluding carboxylic acids is 1. The van der Waals surface area contributed by atoms with Crippen molar-refractivity contribution in [3.05, 3.63) is 112 Å². The molecule has 3 heteroatoms. The van der Waals surface area contributed by atoms with E-state index in [1.165, 1.54) is 11.8 Å². The highest BCUT2D eigenvalue weighted by molar-refractivity contribution is 8.08. The molecule has 0 fully saturated rings. The molecule has 0 saturated carbocycles. The molecular weight excluding hydrogens is 338 g/mol. The Bertz CT molecular complexity index is 976. The number of rotatable bonds is 4. The van der Waals surface area contributed by atoms with Gasteiger partial charge >= 0.3 is 0 Å². The molecule has 1 aliphatic rings. The van der Waals surface area contributed by atoms with Gasteiger partial charge in [0.05, 0.1) is 15.5 Å². The van der Waals surface area contributed by atoms with Gasteiger partial charge in [0.25, 0.3) is 0 Å². The third-order valence-corrected chi connectivity index (χ3v) is 5.11. The summed E-state index contributed by atoms with van der Waals surface area (Å²) in [5.41, 5.74) is 3.65. The average molecular weight is 355 g/mol. The van der Waals surface area contributed by atoms with E-state index < -0.39 is 0 Å². The maximum Gasteiger partial charge on any atom is 0.203 e. The van der Waals surface area contributed by atoms with Gasteiger partial charge in [0, 0.05) is 5.69 Å². The summed E-state index contributed by atoms with van der Waals surface area (Å²) in [6, 6.07) is 29.7. The lowest BCUT2D eigenvalue weighted by Gasteiger charge is -2.08. The van der Waals surface area contributed by atoms with Gasteiger partial charge in [-0.2, -0.15) is 0 Å². The molecule has 1 heterocycles. The Morgan fingerprint density at radius 3 is 1.96 bits per heavy atom. The minimum absolute atomic E-state index is 0.0588. The van der Waals surface area contributed by atoms with Crippen molar-refractivity contribution < 1.29 is 4.79 Å². The zero-order chi connectivity index (χ0) is 17.8. The molecule has 4 rings (SSSR count). The van der Waals surface area contributed by atoms with Crippen LogP contribution in [0.1, 0.15) is 11.1 Å². The number of benzene rings is 3. The number of carbonyl (C=O) groups is 1. The van der Waals surface area contributed by atoms with Crippen molar-refractivity contribution in [2.75, 3.05) is 5.32 Å². The smallest absolute Gasteiger partial charge is 0.203 e. The lowest BCUT2D eigenvalue weighted by atomic mass is 10.0. The number of nitrogens with one attached hydrogen (secondary N) is 1. The third-order valence-electron chi connectivity index (χ3n) is 4.08. The number of hydrogen-bond donors (Lipinski definition) is 1. The van der Waals surface area contributed by atoms with Gasteiger partial charge in [0.2, 0.25) is 5.78 Å². The normalized spacial score (nSPS) is 15.5. The topological polar surface area (TPSA) is 29.1 Å². The zero-order valence-electron chi connectivity index (χ0n) is 14.1. The monoisotopic (exact) mass is 355 g/mol. The van der Waals surface area contributed by atoms with Crippen LogP contribution in [0.2, 0.25) is 0 Å². The van der Waals surface area contributed by atoms with E-state index in [0.717, 1.165) is 32.3 Å². The summed E-state index contributed by atoms with van der Waals surface area (Å²) in [5, 5.41) is 4.29. The van der Waals surface area contributed by atoms with Crippen molar-refractivity contribution in [1.82, 2.24) is 0 Å². The summed E-state index contributed by atoms with van der Waals surface area (Å²) in [4.78, 5) is 13.9. The maximum absolute atomic E-state index is 13.1. The first-order chi connectivity index (χ1) is 12.8. The minimum atomic E-state index is 0.0588. The number of thioether (sulfide) groups is 1. The summed E-state index contributed by atoms with van der Waals surface area (Å²) in [6.07, 6.45) is 1.95. The Morgan fingerprint density at radius 2 is 1.31 bits per heavy atom. The van der Waals surface area contributed by atoms with Gasteiger partial charge < -0.3 is 5.32 Å². The Kier molecular flexibility index (Phi) is 4.71. The van der Waals surface area contributed by atoms with E-state index in [0.29, 0.717) is 0 Å². The summed E-state index contributed by atoms with van der Waals surface area (Å²) in [6.45, 7) is 0. The highest BCUT2D eigenvalue weighted by atomic mass is 32.2. The summed E-state index contributed by atoms with van der Waals surface area (Å²) < 4.78 is 0. The quantitative estimate of drug-likeness (QED) is 0.598. The largest absolute Gasteiger partial charge is 0.349 e. The van der Waals surface area contributed by atoms with Crippen molar-refractivity contribution in [2.24, 2.45) is 0 Å². The number of hydrogen-bond acceptors (Lipinski definition) is 3. The standard InChI is InChI=1S/C23H17NOS/c25-22-20(16-17-10-4-1-5-11-17)26-23(24-19-14-8-3-9-15-19)21(22)18-12-6-2-7-13-18/h1-16,24H/b20-16-. The summed E-state index contributed by atoms with van der Waals surface area (Å²) in [7, 11) is 0. The molecule has 2 nitrogen and oxygen atoms in total. The lowest BCUT2D eigenvalue weighted by Crippen LogP contribution is -2.01. The Hall–Kier alpha value is -3.04. The van der Waals surface area contributed by atoms with Crippen LogP contribution < -0.4 is 5.32 Å². The van der Waals surface area contributed by atoms with Gasteiger partial charge in [-0.1, -0.05) is 90.6 Å². The molecule has 1 N–H and O–H groups in total. The lowest BCUT2D eigenvalue weighted by molar-refractivity contribution is -0.109. The molecule has 1 aliphatic heterocycles. The van der Waals surface area contributed by atoms with Crippen molar-refractivity contribution in [3.8, 4) is 0 Å². The minimum Gasteiger partial charge on any atom is -0.349 e. The van der Waals surface area contributed by atoms with E-state index in [1.54, 1.807) is 0 Å². The van der Waals surface area contributed by atoms with Crippen LogP contribution in [0.5, 0.6) is 0 Å². The van der Waals surface area contributed by atoms with E-state index in [2.05, 4.69) is 5.32 Å². The van der Waals surface area contributed by atoms with E-state index >= 15 is 0 Å². The fourth-order valence-electron chi connectivity index (χ4n) is 2.84. The first kappa shape index (κ1) is 16.4. The second-order valence-electron chi connectivity index (χ2n) is 5.91. The fraction of sp³-hybridized carbons (Fsp3) is 0. The molecule has 3 aromatic rings. The van der Waals surface area contributed by atoms with Crippen molar-refractivity contribution >= 4 is 34.9 Å². The SMILES string of the molecule is O=C1C(c2ccccc2)=C(Nc2ccccc2)S/C1=C\c1ccccc1. The molecule has 0 unspecified atom stereocenters. The highest BCUT2D eigenvalue weighted by Gasteiger charge is 2.30. The molecular formula is C23H17NOS. The van der Waals surface area contributed by atoms with Crippen molar-refractivity contribution in [2.45, 2.75) is 0 Å². The van der Waals surface area contributed by atoms with Crippen LogP contribution in [0.4, 0.5) is 5.69 Å². The molecule has 0 spiro atoms. The van der Waals surface area contributed by atoms with E-state index in [1.807, 2.05) is 97.1 Å². The van der Waals surface area contributed by atoms with Crippen molar-refractivity contribution in [1.29, 1.82) is 0 Å². The molecule has 0 saturated heterocycles. The van der Waals surface area contributed by atoms with Crippen LogP contribution in [0.15, 0.2) is 101 Å². The molecule has 0 aromatic heterocycles. The fourth-order valence-corrected chi connectivity index (χ4v) is 3.93. The Balaban J connectivity index is 1.74. The molecule has 0 bridgehead atoms. The Labute approximate surface area is 157 Å². The van der Waals surface area contributed by atoms with E-state index in [9.17, 15) is 4.79 Å². The van der Waals surface area contributed by atoms with Gasteiger partial charge in [0.1, 0.15) is 0 Å². The first-order valence-electron chi connectivity index (χ1n) is 8.42. The van der Waals surface area contributed by atoms with Gasteiger partial charge in [-0.05, 0) is 29.3 Å². The molecule has 0 aliphatic carbocycles. The third kappa shape index (κ3) is 3.48. The van der Waals surface area contributed by atoms with Crippen LogP contribution in [0, 0.1) is 0 Å². The maximum atomic E-state index is 13.1. The molecule has 0 amide bonds. The van der Waals surface area contributed by atoms with Crippen LogP contribution in [0.25, 0.3) is 11.6 Å². The molecule has 0 radical (unpaired) electrons.